The van der Waals surface area contributed by atoms with Gasteiger partial charge in [0, 0.05) is 11.6 Å². The maximum atomic E-state index is 12.1. The van der Waals surface area contributed by atoms with Crippen LogP contribution in [0.2, 0.25) is 5.02 Å². The fourth-order valence-corrected chi connectivity index (χ4v) is 2.16. The first-order valence-corrected chi connectivity index (χ1v) is 8.02. The van der Waals surface area contributed by atoms with E-state index in [1.54, 1.807) is 21.6 Å². The van der Waals surface area contributed by atoms with E-state index in [-0.39, 0.29) is 23.9 Å². The van der Waals surface area contributed by atoms with Gasteiger partial charge in [0.2, 0.25) is 0 Å². The zero-order valence-electron chi connectivity index (χ0n) is 14.6. The van der Waals surface area contributed by atoms with Gasteiger partial charge >= 0.3 is 0 Å². The molecule has 0 atom stereocenters. The van der Waals surface area contributed by atoms with Crippen molar-refractivity contribution in [3.63, 3.8) is 0 Å². The Morgan fingerprint density at radius 1 is 1.25 bits per heavy atom. The van der Waals surface area contributed by atoms with Crippen LogP contribution in [0.4, 0.5) is 0 Å². The second-order valence-electron chi connectivity index (χ2n) is 6.72. The van der Waals surface area contributed by atoms with E-state index in [0.29, 0.717) is 11.7 Å². The number of nitrogens with one attached hydrogen (secondary N) is 1. The number of carbonyl (C=O) groups is 2. The van der Waals surface area contributed by atoms with Crippen molar-refractivity contribution in [2.24, 2.45) is 5.41 Å². The van der Waals surface area contributed by atoms with Gasteiger partial charge in [0.25, 0.3) is 5.91 Å². The molecule has 0 aliphatic carbocycles. The summed E-state index contributed by atoms with van der Waals surface area (Å²) in [5, 5.41) is 11.8. The Hall–Kier alpha value is -2.15. The molecule has 2 aromatic rings. The highest BCUT2D eigenvalue weighted by molar-refractivity contribution is 6.31. The van der Waals surface area contributed by atoms with E-state index in [0.717, 1.165) is 11.4 Å². The van der Waals surface area contributed by atoms with Gasteiger partial charge in [-0.2, -0.15) is 10.2 Å². The average Bonchev–Trinajstić information content (AvgIpc) is 3.05. The third kappa shape index (κ3) is 4.03. The van der Waals surface area contributed by atoms with Crippen LogP contribution in [0, 0.1) is 19.3 Å². The molecule has 0 saturated carbocycles. The van der Waals surface area contributed by atoms with Crippen molar-refractivity contribution in [1.82, 2.24) is 24.9 Å². The zero-order chi connectivity index (χ0) is 18.1. The highest BCUT2D eigenvalue weighted by Gasteiger charge is 2.22. The van der Waals surface area contributed by atoms with Gasteiger partial charge in [0.15, 0.2) is 5.78 Å². The van der Waals surface area contributed by atoms with Crippen molar-refractivity contribution in [1.29, 1.82) is 0 Å². The molecule has 7 nitrogen and oxygen atoms in total. The number of hydrogen-bond acceptors (Lipinski definition) is 4. The molecule has 24 heavy (non-hydrogen) atoms. The Morgan fingerprint density at radius 2 is 1.92 bits per heavy atom. The zero-order valence-corrected chi connectivity index (χ0v) is 15.3. The lowest BCUT2D eigenvalue weighted by molar-refractivity contribution is -0.125. The molecular weight excluding hydrogens is 330 g/mol. The molecule has 0 fully saturated rings. The standard InChI is InChI=1S/C16H22ClN5O2/c1-10-14(17)11(2)22(19-10)9-21-7-6-12(20-21)15(24)18-8-13(23)16(3,4)5/h6-7H,8-9H2,1-5H3,(H,18,24). The molecule has 1 amide bonds. The molecule has 0 bridgehead atoms. The van der Waals surface area contributed by atoms with Crippen LogP contribution in [0.15, 0.2) is 12.3 Å². The molecule has 0 spiro atoms. The minimum atomic E-state index is -0.485. The highest BCUT2D eigenvalue weighted by Crippen LogP contribution is 2.18. The summed E-state index contributed by atoms with van der Waals surface area (Å²) in [6.45, 7) is 9.49. The van der Waals surface area contributed by atoms with Crippen LogP contribution >= 0.6 is 11.6 Å². The molecule has 0 aliphatic heterocycles. The summed E-state index contributed by atoms with van der Waals surface area (Å²) in [4.78, 5) is 23.9. The fraction of sp³-hybridized carbons (Fsp3) is 0.500. The number of halogens is 1. The van der Waals surface area contributed by atoms with Crippen LogP contribution in [0.3, 0.4) is 0 Å². The second kappa shape index (κ2) is 6.76. The molecule has 0 radical (unpaired) electrons. The molecule has 130 valence electrons. The van der Waals surface area contributed by atoms with Gasteiger partial charge in [-0.05, 0) is 19.9 Å². The van der Waals surface area contributed by atoms with Crippen LogP contribution in [0.5, 0.6) is 0 Å². The SMILES string of the molecule is Cc1nn(Cn2ccc(C(=O)NCC(=O)C(C)(C)C)n2)c(C)c1Cl. The lowest BCUT2D eigenvalue weighted by atomic mass is 9.91. The Kier molecular flexibility index (Phi) is 5.13. The lowest BCUT2D eigenvalue weighted by Gasteiger charge is -2.16. The predicted molar refractivity (Wildman–Crippen MR) is 91.1 cm³/mol. The topological polar surface area (TPSA) is 81.8 Å². The molecule has 8 heteroatoms. The van der Waals surface area contributed by atoms with Crippen molar-refractivity contribution in [2.75, 3.05) is 6.54 Å². The van der Waals surface area contributed by atoms with Gasteiger partial charge in [0.05, 0.1) is 23.0 Å². The molecule has 2 aromatic heterocycles. The van der Waals surface area contributed by atoms with E-state index < -0.39 is 5.41 Å². The van der Waals surface area contributed by atoms with Crippen molar-refractivity contribution in [3.8, 4) is 0 Å². The van der Waals surface area contributed by atoms with Crippen LogP contribution in [-0.2, 0) is 11.5 Å². The Bertz CT molecular complexity index is 770. The van der Waals surface area contributed by atoms with E-state index in [1.807, 2.05) is 34.6 Å². The van der Waals surface area contributed by atoms with Crippen molar-refractivity contribution in [3.05, 3.63) is 34.4 Å². The van der Waals surface area contributed by atoms with E-state index in [4.69, 9.17) is 11.6 Å². The number of amides is 1. The maximum Gasteiger partial charge on any atom is 0.272 e. The quantitative estimate of drug-likeness (QED) is 0.895. The van der Waals surface area contributed by atoms with Gasteiger partial charge in [-0.25, -0.2) is 4.68 Å². The normalized spacial score (nSPS) is 11.6. The largest absolute Gasteiger partial charge is 0.344 e. The van der Waals surface area contributed by atoms with Crippen molar-refractivity contribution in [2.45, 2.75) is 41.3 Å². The first-order chi connectivity index (χ1) is 11.1. The maximum absolute atomic E-state index is 12.1. The molecule has 1 N–H and O–H groups in total. The molecule has 0 aromatic carbocycles. The number of rotatable bonds is 5. The van der Waals surface area contributed by atoms with Gasteiger partial charge in [-0.15, -0.1) is 0 Å². The monoisotopic (exact) mass is 351 g/mol. The summed E-state index contributed by atoms with van der Waals surface area (Å²) in [6, 6.07) is 1.60. The van der Waals surface area contributed by atoms with Crippen molar-refractivity contribution >= 4 is 23.3 Å². The Labute approximate surface area is 146 Å². The van der Waals surface area contributed by atoms with E-state index >= 15 is 0 Å². The Morgan fingerprint density at radius 3 is 2.46 bits per heavy atom. The number of hydrogen-bond donors (Lipinski definition) is 1. The number of Topliss-reactive ketones (excluding diaryl/α,β-unsaturated/α-hetero) is 1. The first kappa shape index (κ1) is 18.2. The number of ketones is 1. The van der Waals surface area contributed by atoms with E-state index in [2.05, 4.69) is 15.5 Å². The molecular formula is C16H22ClN5O2. The average molecular weight is 352 g/mol. The number of aryl methyl sites for hydroxylation is 1. The van der Waals surface area contributed by atoms with Gasteiger partial charge in [0.1, 0.15) is 12.4 Å². The lowest BCUT2D eigenvalue weighted by Crippen LogP contribution is -2.35. The molecule has 0 aliphatic rings. The minimum absolute atomic E-state index is 0.0116. The summed E-state index contributed by atoms with van der Waals surface area (Å²) in [5.41, 5.74) is 1.36. The molecule has 2 heterocycles. The third-order valence-corrected chi connectivity index (χ3v) is 4.24. The van der Waals surface area contributed by atoms with Crippen LogP contribution < -0.4 is 5.32 Å². The van der Waals surface area contributed by atoms with Crippen molar-refractivity contribution < 1.29 is 9.59 Å². The third-order valence-electron chi connectivity index (χ3n) is 3.69. The fourth-order valence-electron chi connectivity index (χ4n) is 2.03. The predicted octanol–water partition coefficient (Wildman–Crippen LogP) is 2.20. The van der Waals surface area contributed by atoms with Crippen LogP contribution in [0.25, 0.3) is 0 Å². The van der Waals surface area contributed by atoms with Gasteiger partial charge < -0.3 is 5.32 Å². The second-order valence-corrected chi connectivity index (χ2v) is 7.10. The summed E-state index contributed by atoms with van der Waals surface area (Å²) in [6.07, 6.45) is 1.69. The van der Waals surface area contributed by atoms with Crippen LogP contribution in [-0.4, -0.2) is 37.8 Å². The van der Waals surface area contributed by atoms with E-state index in [1.165, 1.54) is 0 Å². The number of nitrogens with zero attached hydrogens (tertiary/aromatic N) is 4. The van der Waals surface area contributed by atoms with E-state index in [9.17, 15) is 9.59 Å². The molecule has 2 rings (SSSR count). The van der Waals surface area contributed by atoms with Gasteiger partial charge in [-0.3, -0.25) is 14.3 Å². The summed E-state index contributed by atoms with van der Waals surface area (Å²) >= 11 is 6.12. The summed E-state index contributed by atoms with van der Waals surface area (Å²) < 4.78 is 3.31. The first-order valence-electron chi connectivity index (χ1n) is 7.64. The minimum Gasteiger partial charge on any atom is -0.344 e. The molecule has 0 unspecified atom stereocenters. The van der Waals surface area contributed by atoms with Gasteiger partial charge in [-0.1, -0.05) is 32.4 Å². The highest BCUT2D eigenvalue weighted by atomic mass is 35.5. The number of carbonyl (C=O) groups excluding carboxylic acids is 2. The molecule has 0 saturated heterocycles. The Balaban J connectivity index is 2.01. The summed E-state index contributed by atoms with van der Waals surface area (Å²) in [5.74, 6) is -0.412. The smallest absolute Gasteiger partial charge is 0.272 e. The van der Waals surface area contributed by atoms with Crippen LogP contribution in [0.1, 0.15) is 42.6 Å². The number of aromatic nitrogens is 4. The summed E-state index contributed by atoms with van der Waals surface area (Å²) in [7, 11) is 0.